The Hall–Kier alpha value is -3.62. The molecule has 0 amide bonds. The minimum absolute atomic E-state index is 0.0239. The van der Waals surface area contributed by atoms with Crippen molar-refractivity contribution in [3.63, 3.8) is 0 Å². The molecule has 2 atom stereocenters. The summed E-state index contributed by atoms with van der Waals surface area (Å²) in [6.45, 7) is 1.58. The van der Waals surface area contributed by atoms with E-state index in [1.165, 1.54) is 33.3 Å². The largest absolute Gasteiger partial charge is 0.468 e. The van der Waals surface area contributed by atoms with E-state index in [0.29, 0.717) is 22.4 Å². The van der Waals surface area contributed by atoms with Crippen LogP contribution in [0.4, 0.5) is 0 Å². The standard InChI is InChI=1S/C21H21NO8/c1-10-12-14(15(19(24)28-3)13(10)18(23)27-2)11-8-6-7-9-22(11)17(21(26)30-5)16(12)20(25)29-4/h6-9,16-17H,1-5H3. The summed E-state index contributed by atoms with van der Waals surface area (Å²) in [4.78, 5) is 52.4. The highest BCUT2D eigenvalue weighted by atomic mass is 16.5. The second kappa shape index (κ2) is 8.02. The fraction of sp³-hybridized carbons (Fsp3) is 0.333. The normalized spacial score (nSPS) is 22.0. The van der Waals surface area contributed by atoms with Gasteiger partial charge in [0, 0.05) is 17.5 Å². The van der Waals surface area contributed by atoms with Gasteiger partial charge in [0.05, 0.1) is 39.6 Å². The molecule has 158 valence electrons. The second-order valence-corrected chi connectivity index (χ2v) is 6.61. The molecule has 2 unspecified atom stereocenters. The van der Waals surface area contributed by atoms with E-state index in [1.54, 1.807) is 31.4 Å². The maximum absolute atomic E-state index is 12.8. The van der Waals surface area contributed by atoms with Gasteiger partial charge in [-0.15, -0.1) is 0 Å². The van der Waals surface area contributed by atoms with Gasteiger partial charge in [0.2, 0.25) is 0 Å². The molecule has 0 saturated carbocycles. The number of methoxy groups -OCH3 is 4. The zero-order valence-electron chi connectivity index (χ0n) is 17.2. The van der Waals surface area contributed by atoms with Gasteiger partial charge in [0.1, 0.15) is 12.0 Å². The number of ether oxygens (including phenoxy) is 4. The van der Waals surface area contributed by atoms with Gasteiger partial charge in [-0.05, 0) is 30.2 Å². The first kappa shape index (κ1) is 21.1. The molecule has 2 heterocycles. The van der Waals surface area contributed by atoms with Gasteiger partial charge in [0.15, 0.2) is 0 Å². The molecule has 0 radical (unpaired) electrons. The van der Waals surface area contributed by atoms with Crippen molar-refractivity contribution in [1.82, 2.24) is 4.90 Å². The van der Waals surface area contributed by atoms with Gasteiger partial charge >= 0.3 is 23.9 Å². The first-order valence-corrected chi connectivity index (χ1v) is 8.99. The summed E-state index contributed by atoms with van der Waals surface area (Å²) in [5.74, 6) is -4.07. The smallest absolute Gasteiger partial charge is 0.339 e. The molecule has 9 nitrogen and oxygen atoms in total. The zero-order valence-corrected chi connectivity index (χ0v) is 17.2. The van der Waals surface area contributed by atoms with E-state index >= 15 is 0 Å². The average molecular weight is 415 g/mol. The van der Waals surface area contributed by atoms with Crippen LogP contribution in [-0.2, 0) is 38.1 Å². The van der Waals surface area contributed by atoms with E-state index < -0.39 is 35.8 Å². The Morgan fingerprint density at radius 2 is 1.43 bits per heavy atom. The van der Waals surface area contributed by atoms with Crippen molar-refractivity contribution in [1.29, 1.82) is 0 Å². The van der Waals surface area contributed by atoms with Crippen LogP contribution in [0.1, 0.15) is 6.92 Å². The third-order valence-corrected chi connectivity index (χ3v) is 5.30. The number of hydrogen-bond donors (Lipinski definition) is 0. The van der Waals surface area contributed by atoms with Crippen LogP contribution in [0.5, 0.6) is 0 Å². The van der Waals surface area contributed by atoms with E-state index in [0.717, 1.165) is 0 Å². The lowest BCUT2D eigenvalue weighted by Crippen LogP contribution is -2.51. The number of carbonyl (C=O) groups excluding carboxylic acids is 4. The van der Waals surface area contributed by atoms with Gasteiger partial charge < -0.3 is 23.8 Å². The Morgan fingerprint density at radius 3 is 2.00 bits per heavy atom. The molecule has 0 N–H and O–H groups in total. The van der Waals surface area contributed by atoms with Gasteiger partial charge in [-0.3, -0.25) is 4.79 Å². The van der Waals surface area contributed by atoms with E-state index in [9.17, 15) is 19.2 Å². The summed E-state index contributed by atoms with van der Waals surface area (Å²) in [7, 11) is 4.79. The number of carbonyl (C=O) groups is 4. The van der Waals surface area contributed by atoms with Gasteiger partial charge in [-0.25, -0.2) is 14.4 Å². The first-order valence-electron chi connectivity index (χ1n) is 8.99. The van der Waals surface area contributed by atoms with E-state index in [-0.39, 0.29) is 11.1 Å². The number of hydrogen-bond acceptors (Lipinski definition) is 9. The van der Waals surface area contributed by atoms with Crippen LogP contribution in [0.2, 0.25) is 0 Å². The molecule has 0 spiro atoms. The van der Waals surface area contributed by atoms with Crippen molar-refractivity contribution in [3.05, 3.63) is 58.0 Å². The van der Waals surface area contributed by atoms with Crippen LogP contribution in [0.25, 0.3) is 0 Å². The van der Waals surface area contributed by atoms with Crippen LogP contribution in [0, 0.1) is 5.92 Å². The van der Waals surface area contributed by atoms with E-state index in [2.05, 4.69) is 0 Å². The van der Waals surface area contributed by atoms with Crippen LogP contribution in [0.15, 0.2) is 58.0 Å². The number of fused-ring (bicyclic) bond motifs is 2. The Balaban J connectivity index is 2.43. The van der Waals surface area contributed by atoms with Crippen LogP contribution < -0.4 is 0 Å². The van der Waals surface area contributed by atoms with Crippen molar-refractivity contribution in [3.8, 4) is 0 Å². The molecule has 3 aliphatic rings. The Kier molecular flexibility index (Phi) is 5.64. The zero-order chi connectivity index (χ0) is 22.2. The minimum atomic E-state index is -1.15. The number of rotatable bonds is 4. The molecule has 0 saturated heterocycles. The highest BCUT2D eigenvalue weighted by Crippen LogP contribution is 2.50. The summed E-state index contributed by atoms with van der Waals surface area (Å²) < 4.78 is 19.7. The van der Waals surface area contributed by atoms with Gasteiger partial charge in [-0.2, -0.15) is 0 Å². The Morgan fingerprint density at radius 1 is 0.833 bits per heavy atom. The monoisotopic (exact) mass is 415 g/mol. The Bertz CT molecular complexity index is 994. The summed E-state index contributed by atoms with van der Waals surface area (Å²) in [5.41, 5.74) is 1.36. The van der Waals surface area contributed by atoms with Crippen LogP contribution in [-0.4, -0.2) is 63.3 Å². The fourth-order valence-corrected chi connectivity index (χ4v) is 4.06. The Labute approximate surface area is 172 Å². The summed E-state index contributed by atoms with van der Waals surface area (Å²) in [6, 6.07) is -1.09. The SMILES string of the molecule is COC(=O)C1=C(C(=O)OC)C2=C3C=CC=CN3C(C(=O)OC)C(C(=O)OC)C2=C1C. The topological polar surface area (TPSA) is 108 Å². The molecule has 0 aromatic carbocycles. The van der Waals surface area contributed by atoms with Gasteiger partial charge in [-0.1, -0.05) is 6.08 Å². The number of nitrogens with zero attached hydrogens (tertiary/aromatic N) is 1. The summed E-state index contributed by atoms with van der Waals surface area (Å²) in [6.07, 6.45) is 6.66. The molecule has 3 rings (SSSR count). The van der Waals surface area contributed by atoms with Crippen LogP contribution in [0.3, 0.4) is 0 Å². The average Bonchev–Trinajstić information content (AvgIpc) is 3.09. The lowest BCUT2D eigenvalue weighted by atomic mass is 9.78. The fourth-order valence-electron chi connectivity index (χ4n) is 4.06. The summed E-state index contributed by atoms with van der Waals surface area (Å²) >= 11 is 0. The highest BCUT2D eigenvalue weighted by Gasteiger charge is 2.53. The number of allylic oxidation sites excluding steroid dienone is 3. The highest BCUT2D eigenvalue weighted by molar-refractivity contribution is 6.11. The molecular weight excluding hydrogens is 394 g/mol. The first-order chi connectivity index (χ1) is 14.3. The second-order valence-electron chi connectivity index (χ2n) is 6.61. The van der Waals surface area contributed by atoms with Crippen molar-refractivity contribution in [2.75, 3.05) is 28.4 Å². The van der Waals surface area contributed by atoms with Crippen molar-refractivity contribution in [2.24, 2.45) is 5.92 Å². The van der Waals surface area contributed by atoms with Crippen molar-refractivity contribution >= 4 is 23.9 Å². The van der Waals surface area contributed by atoms with Crippen molar-refractivity contribution < 1.29 is 38.1 Å². The molecule has 0 fully saturated rings. The third-order valence-electron chi connectivity index (χ3n) is 5.30. The summed E-state index contributed by atoms with van der Waals surface area (Å²) in [5, 5.41) is 0. The van der Waals surface area contributed by atoms with E-state index in [1.807, 2.05) is 0 Å². The third kappa shape index (κ3) is 2.94. The molecule has 30 heavy (non-hydrogen) atoms. The molecular formula is C21H21NO8. The molecule has 0 aromatic rings. The molecule has 2 aliphatic heterocycles. The van der Waals surface area contributed by atoms with Crippen molar-refractivity contribution in [2.45, 2.75) is 13.0 Å². The number of esters is 4. The maximum Gasteiger partial charge on any atom is 0.339 e. The maximum atomic E-state index is 12.8. The predicted octanol–water partition coefficient (Wildman–Crippen LogP) is 0.943. The lowest BCUT2D eigenvalue weighted by Gasteiger charge is -2.41. The molecule has 9 heteroatoms. The van der Waals surface area contributed by atoms with Gasteiger partial charge in [0.25, 0.3) is 0 Å². The molecule has 0 bridgehead atoms. The molecule has 1 aliphatic carbocycles. The minimum Gasteiger partial charge on any atom is -0.468 e. The molecule has 0 aromatic heterocycles. The quantitative estimate of drug-likeness (QED) is 0.490. The van der Waals surface area contributed by atoms with Crippen LogP contribution >= 0.6 is 0 Å². The van der Waals surface area contributed by atoms with E-state index in [4.69, 9.17) is 18.9 Å². The predicted molar refractivity (Wildman–Crippen MR) is 102 cm³/mol. The lowest BCUT2D eigenvalue weighted by molar-refractivity contribution is -0.156.